The molecule has 1 aliphatic rings. The van der Waals surface area contributed by atoms with Crippen molar-refractivity contribution in [2.75, 3.05) is 20.2 Å². The van der Waals surface area contributed by atoms with Crippen LogP contribution in [0.4, 0.5) is 0 Å². The molecule has 0 atom stereocenters. The third-order valence-corrected chi connectivity index (χ3v) is 2.93. The molecule has 2 rings (SSSR count). The van der Waals surface area contributed by atoms with Crippen molar-refractivity contribution in [3.63, 3.8) is 0 Å². The highest BCUT2D eigenvalue weighted by atomic mass is 16.5. The van der Waals surface area contributed by atoms with Crippen LogP contribution >= 0.6 is 0 Å². The maximum absolute atomic E-state index is 9.41. The summed E-state index contributed by atoms with van der Waals surface area (Å²) in [6.07, 6.45) is 1.61. The fourth-order valence-corrected chi connectivity index (χ4v) is 1.97. The number of aromatic nitrogens is 1. The van der Waals surface area contributed by atoms with Gasteiger partial charge in [-0.2, -0.15) is 0 Å². The maximum Gasteiger partial charge on any atom is 0.213 e. The zero-order valence-electron chi connectivity index (χ0n) is 9.59. The zero-order chi connectivity index (χ0) is 11.4. The summed E-state index contributed by atoms with van der Waals surface area (Å²) in [7, 11) is 1.63. The Morgan fingerprint density at radius 2 is 2.19 bits per heavy atom. The van der Waals surface area contributed by atoms with Gasteiger partial charge in [-0.1, -0.05) is 6.07 Å². The number of piperidine rings is 1. The molecular weight excluding hydrogens is 204 g/mol. The van der Waals surface area contributed by atoms with Crippen LogP contribution in [-0.4, -0.2) is 41.3 Å². The van der Waals surface area contributed by atoms with Gasteiger partial charge in [0.1, 0.15) is 0 Å². The van der Waals surface area contributed by atoms with Crippen molar-refractivity contribution in [3.05, 3.63) is 23.9 Å². The zero-order valence-corrected chi connectivity index (χ0v) is 9.59. The van der Waals surface area contributed by atoms with Crippen LogP contribution in [0.1, 0.15) is 18.5 Å². The lowest BCUT2D eigenvalue weighted by molar-refractivity contribution is 0.0786. The fraction of sp³-hybridized carbons (Fsp3) is 0.583. The van der Waals surface area contributed by atoms with Crippen molar-refractivity contribution in [1.82, 2.24) is 9.88 Å². The smallest absolute Gasteiger partial charge is 0.213 e. The number of rotatable bonds is 3. The minimum atomic E-state index is -0.116. The van der Waals surface area contributed by atoms with E-state index in [-0.39, 0.29) is 6.10 Å². The average Bonchev–Trinajstić information content (AvgIpc) is 2.32. The molecule has 0 saturated carbocycles. The lowest BCUT2D eigenvalue weighted by Gasteiger charge is -2.29. The summed E-state index contributed by atoms with van der Waals surface area (Å²) in [5.74, 6) is 0.662. The molecule has 0 aliphatic carbocycles. The van der Waals surface area contributed by atoms with Gasteiger partial charge in [-0.25, -0.2) is 4.98 Å². The summed E-state index contributed by atoms with van der Waals surface area (Å²) >= 11 is 0. The third-order valence-electron chi connectivity index (χ3n) is 2.93. The van der Waals surface area contributed by atoms with Crippen LogP contribution in [0.3, 0.4) is 0 Å². The van der Waals surface area contributed by atoms with Crippen LogP contribution in [0.25, 0.3) is 0 Å². The van der Waals surface area contributed by atoms with Crippen molar-refractivity contribution >= 4 is 0 Å². The second kappa shape index (κ2) is 5.27. The SMILES string of the molecule is COc1cccc(CN2CCC(O)CC2)n1. The van der Waals surface area contributed by atoms with E-state index in [0.29, 0.717) is 5.88 Å². The number of hydrogen-bond acceptors (Lipinski definition) is 4. The van der Waals surface area contributed by atoms with Crippen molar-refractivity contribution in [1.29, 1.82) is 0 Å². The minimum Gasteiger partial charge on any atom is -0.481 e. The Kier molecular flexibility index (Phi) is 3.74. The van der Waals surface area contributed by atoms with E-state index in [4.69, 9.17) is 4.74 Å². The highest BCUT2D eigenvalue weighted by molar-refractivity contribution is 5.15. The van der Waals surface area contributed by atoms with E-state index in [0.717, 1.165) is 38.2 Å². The molecule has 1 aromatic rings. The molecule has 1 N–H and O–H groups in total. The minimum absolute atomic E-state index is 0.116. The predicted molar refractivity (Wildman–Crippen MR) is 61.3 cm³/mol. The summed E-state index contributed by atoms with van der Waals surface area (Å²) in [4.78, 5) is 6.69. The monoisotopic (exact) mass is 222 g/mol. The molecule has 0 unspecified atom stereocenters. The summed E-state index contributed by atoms with van der Waals surface area (Å²) in [5, 5.41) is 9.41. The summed E-state index contributed by atoms with van der Waals surface area (Å²) in [5.41, 5.74) is 1.02. The molecular formula is C12H18N2O2. The van der Waals surface area contributed by atoms with E-state index < -0.39 is 0 Å². The Morgan fingerprint density at radius 3 is 2.88 bits per heavy atom. The predicted octanol–water partition coefficient (Wildman–Crippen LogP) is 1.05. The Hall–Kier alpha value is -1.13. The van der Waals surface area contributed by atoms with Gasteiger partial charge < -0.3 is 9.84 Å². The molecule has 1 fully saturated rings. The third kappa shape index (κ3) is 2.93. The summed E-state index contributed by atoms with van der Waals surface area (Å²) in [6, 6.07) is 5.82. The van der Waals surface area contributed by atoms with Gasteiger partial charge in [0.25, 0.3) is 0 Å². The molecule has 0 spiro atoms. The lowest BCUT2D eigenvalue weighted by atomic mass is 10.1. The summed E-state index contributed by atoms with van der Waals surface area (Å²) < 4.78 is 5.09. The topological polar surface area (TPSA) is 45.6 Å². The number of likely N-dealkylation sites (tertiary alicyclic amines) is 1. The first-order valence-electron chi connectivity index (χ1n) is 5.68. The molecule has 1 aliphatic heterocycles. The van der Waals surface area contributed by atoms with E-state index in [9.17, 15) is 5.11 Å². The first-order chi connectivity index (χ1) is 7.78. The standard InChI is InChI=1S/C12H18N2O2/c1-16-12-4-2-3-10(13-12)9-14-7-5-11(15)6-8-14/h2-4,11,15H,5-9H2,1H3. The van der Waals surface area contributed by atoms with Crippen molar-refractivity contribution in [2.45, 2.75) is 25.5 Å². The molecule has 1 saturated heterocycles. The molecule has 2 heterocycles. The van der Waals surface area contributed by atoms with Crippen LogP contribution in [0.2, 0.25) is 0 Å². The van der Waals surface area contributed by atoms with Gasteiger partial charge in [0.05, 0.1) is 18.9 Å². The van der Waals surface area contributed by atoms with Gasteiger partial charge >= 0.3 is 0 Å². The van der Waals surface area contributed by atoms with Crippen LogP contribution in [0, 0.1) is 0 Å². The van der Waals surface area contributed by atoms with E-state index >= 15 is 0 Å². The second-order valence-electron chi connectivity index (χ2n) is 4.18. The van der Waals surface area contributed by atoms with Gasteiger partial charge in [-0.3, -0.25) is 4.90 Å². The first-order valence-corrected chi connectivity index (χ1v) is 5.68. The largest absolute Gasteiger partial charge is 0.481 e. The molecule has 0 aromatic carbocycles. The van der Waals surface area contributed by atoms with Crippen LogP contribution < -0.4 is 4.74 Å². The van der Waals surface area contributed by atoms with E-state index in [2.05, 4.69) is 9.88 Å². The Bertz CT molecular complexity index is 336. The van der Waals surface area contributed by atoms with E-state index in [1.165, 1.54) is 0 Å². The molecule has 0 radical (unpaired) electrons. The average molecular weight is 222 g/mol. The van der Waals surface area contributed by atoms with Gasteiger partial charge in [-0.15, -0.1) is 0 Å². The molecule has 4 heteroatoms. The van der Waals surface area contributed by atoms with Crippen LogP contribution in [-0.2, 0) is 6.54 Å². The van der Waals surface area contributed by atoms with Gasteiger partial charge in [0, 0.05) is 25.7 Å². The molecule has 16 heavy (non-hydrogen) atoms. The quantitative estimate of drug-likeness (QED) is 0.830. The lowest BCUT2D eigenvalue weighted by Crippen LogP contribution is -2.35. The molecule has 0 amide bonds. The second-order valence-corrected chi connectivity index (χ2v) is 4.18. The van der Waals surface area contributed by atoms with Gasteiger partial charge in [0.15, 0.2) is 0 Å². The number of ether oxygens (including phenoxy) is 1. The molecule has 88 valence electrons. The van der Waals surface area contributed by atoms with Crippen molar-refractivity contribution in [2.24, 2.45) is 0 Å². The fourth-order valence-electron chi connectivity index (χ4n) is 1.97. The Balaban J connectivity index is 1.93. The normalized spacial score (nSPS) is 18.6. The van der Waals surface area contributed by atoms with Crippen LogP contribution in [0.15, 0.2) is 18.2 Å². The van der Waals surface area contributed by atoms with E-state index in [1.807, 2.05) is 18.2 Å². The van der Waals surface area contributed by atoms with Crippen molar-refractivity contribution in [3.8, 4) is 5.88 Å². The van der Waals surface area contributed by atoms with Crippen LogP contribution in [0.5, 0.6) is 5.88 Å². The van der Waals surface area contributed by atoms with E-state index in [1.54, 1.807) is 7.11 Å². The Morgan fingerprint density at radius 1 is 1.44 bits per heavy atom. The number of aliphatic hydroxyl groups excluding tert-OH is 1. The molecule has 1 aromatic heterocycles. The molecule has 0 bridgehead atoms. The maximum atomic E-state index is 9.41. The summed E-state index contributed by atoms with van der Waals surface area (Å²) in [6.45, 7) is 2.73. The highest BCUT2D eigenvalue weighted by Gasteiger charge is 2.17. The molecule has 4 nitrogen and oxygen atoms in total. The number of nitrogens with zero attached hydrogens (tertiary/aromatic N) is 2. The number of aliphatic hydroxyl groups is 1. The van der Waals surface area contributed by atoms with Crippen molar-refractivity contribution < 1.29 is 9.84 Å². The number of pyridine rings is 1. The Labute approximate surface area is 95.9 Å². The van der Waals surface area contributed by atoms with Gasteiger partial charge in [0.2, 0.25) is 5.88 Å². The first kappa shape index (κ1) is 11.4. The number of hydrogen-bond donors (Lipinski definition) is 1. The number of methoxy groups -OCH3 is 1. The van der Waals surface area contributed by atoms with Gasteiger partial charge in [-0.05, 0) is 18.9 Å². The highest BCUT2D eigenvalue weighted by Crippen LogP contribution is 2.14.